The summed E-state index contributed by atoms with van der Waals surface area (Å²) in [5.74, 6) is -2.33. The van der Waals surface area contributed by atoms with Crippen LogP contribution in [0.2, 0.25) is 0 Å². The summed E-state index contributed by atoms with van der Waals surface area (Å²) >= 11 is 3.56. The predicted molar refractivity (Wildman–Crippen MR) is 170 cm³/mol. The maximum absolute atomic E-state index is 13.3. The number of hydrogen-bond donors (Lipinski definition) is 8. The van der Waals surface area contributed by atoms with Crippen LogP contribution in [0.5, 0.6) is 5.75 Å². The Labute approximate surface area is 261 Å². The van der Waals surface area contributed by atoms with Gasteiger partial charge in [0.15, 0.2) is 5.96 Å². The van der Waals surface area contributed by atoms with Crippen LogP contribution >= 0.6 is 15.9 Å². The molecule has 1 heterocycles. The molecule has 12 heteroatoms. The number of β-amino-alcohol motifs (C(OH)–C–C–N with tert-alkyl or cyclic N) is 1. The number of hydrogen-bond acceptors (Lipinski definition) is 9. The van der Waals surface area contributed by atoms with Crippen LogP contribution in [0.25, 0.3) is 0 Å². The molecule has 11 nitrogen and oxygen atoms in total. The number of phenolic OH excluding ortho intramolecular Hbond substituents is 1. The normalized spacial score (nSPS) is 18.2. The Morgan fingerprint density at radius 3 is 2.37 bits per heavy atom. The molecule has 8 N–H and O–H groups in total. The van der Waals surface area contributed by atoms with E-state index in [0.717, 1.165) is 10.0 Å². The Balaban J connectivity index is 1.81. The molecule has 5 atom stereocenters. The molecule has 5 unspecified atom stereocenters. The number of phenols is 1. The minimum Gasteiger partial charge on any atom is -0.508 e. The second-order valence-electron chi connectivity index (χ2n) is 12.5. The molecule has 1 aliphatic rings. The molecule has 2 aromatic rings. The van der Waals surface area contributed by atoms with E-state index >= 15 is 0 Å². The first-order valence-electron chi connectivity index (χ1n) is 14.4. The Morgan fingerprint density at radius 1 is 1.09 bits per heavy atom. The number of aliphatic hydroxyl groups is 2. The molecule has 0 aliphatic carbocycles. The third-order valence-electron chi connectivity index (χ3n) is 7.66. The topological polar surface area (TPSA) is 176 Å². The molecule has 0 spiro atoms. The van der Waals surface area contributed by atoms with Crippen molar-refractivity contribution in [3.8, 4) is 5.75 Å². The van der Waals surface area contributed by atoms with E-state index in [2.05, 4.69) is 63.0 Å². The highest BCUT2D eigenvalue weighted by atomic mass is 79.9. The fourth-order valence-electron chi connectivity index (χ4n) is 4.84. The Kier molecular flexibility index (Phi) is 11.6. The number of carbonyl (C=O) groups excluding carboxylic acids is 1. The van der Waals surface area contributed by atoms with Gasteiger partial charge in [-0.1, -0.05) is 63.5 Å². The minimum absolute atomic E-state index is 0.0445. The number of aromatic hydroxyl groups is 1. The number of benzene rings is 2. The molecule has 0 bridgehead atoms. The van der Waals surface area contributed by atoms with E-state index in [1.807, 2.05) is 39.0 Å². The van der Waals surface area contributed by atoms with Gasteiger partial charge in [0, 0.05) is 28.3 Å². The van der Waals surface area contributed by atoms with Gasteiger partial charge in [0.1, 0.15) is 12.0 Å². The molecule has 236 valence electrons. The summed E-state index contributed by atoms with van der Waals surface area (Å²) in [5.41, 5.74) is 2.19. The highest BCUT2D eigenvalue weighted by Gasteiger charge is 2.37. The molecule has 0 radical (unpaired) electrons. The third kappa shape index (κ3) is 9.65. The van der Waals surface area contributed by atoms with Crippen LogP contribution in [0.4, 0.5) is 5.69 Å². The van der Waals surface area contributed by atoms with Crippen molar-refractivity contribution in [1.82, 2.24) is 16.0 Å². The van der Waals surface area contributed by atoms with Crippen molar-refractivity contribution in [2.75, 3.05) is 25.0 Å². The van der Waals surface area contributed by atoms with Crippen molar-refractivity contribution in [2.45, 2.75) is 65.3 Å². The average molecular weight is 663 g/mol. The van der Waals surface area contributed by atoms with Crippen LogP contribution in [-0.4, -0.2) is 64.0 Å². The van der Waals surface area contributed by atoms with Gasteiger partial charge in [0.05, 0.1) is 31.2 Å². The number of amides is 1. The maximum Gasteiger partial charge on any atom is 0.309 e. The van der Waals surface area contributed by atoms with E-state index in [0.29, 0.717) is 29.3 Å². The van der Waals surface area contributed by atoms with Crippen molar-refractivity contribution in [1.29, 1.82) is 0 Å². The van der Waals surface area contributed by atoms with Gasteiger partial charge in [-0.3, -0.25) is 19.9 Å². The van der Waals surface area contributed by atoms with E-state index in [1.165, 1.54) is 12.1 Å². The van der Waals surface area contributed by atoms with Gasteiger partial charge >= 0.3 is 5.97 Å². The van der Waals surface area contributed by atoms with Crippen LogP contribution in [0.3, 0.4) is 0 Å². The number of aliphatic hydroxyl groups excluding tert-OH is 2. The molecule has 43 heavy (non-hydrogen) atoms. The van der Waals surface area contributed by atoms with Gasteiger partial charge in [-0.05, 0) is 52.6 Å². The number of carboxylic acid groups (broad SMARTS) is 1. The summed E-state index contributed by atoms with van der Waals surface area (Å²) in [6.45, 7) is 12.2. The lowest BCUT2D eigenvalue weighted by atomic mass is 9.77. The van der Waals surface area contributed by atoms with Crippen molar-refractivity contribution >= 4 is 39.5 Å². The van der Waals surface area contributed by atoms with E-state index in [-0.39, 0.29) is 36.1 Å². The summed E-state index contributed by atoms with van der Waals surface area (Å²) in [7, 11) is 0. The molecule has 0 saturated carbocycles. The molecular formula is C31H44BrN5O6. The zero-order valence-corrected chi connectivity index (χ0v) is 27.1. The monoisotopic (exact) mass is 661 g/mol. The minimum atomic E-state index is -1.32. The number of anilines is 1. The van der Waals surface area contributed by atoms with Crippen molar-refractivity contribution < 1.29 is 30.0 Å². The van der Waals surface area contributed by atoms with E-state index in [4.69, 9.17) is 0 Å². The molecule has 3 rings (SSSR count). The lowest BCUT2D eigenvalue weighted by molar-refractivity contribution is -0.146. The third-order valence-corrected chi connectivity index (χ3v) is 8.12. The van der Waals surface area contributed by atoms with Gasteiger partial charge in [0.2, 0.25) is 5.91 Å². The van der Waals surface area contributed by atoms with Crippen LogP contribution in [0.1, 0.15) is 70.5 Å². The zero-order valence-electron chi connectivity index (χ0n) is 25.5. The number of carbonyl (C=O) groups is 2. The number of guanidine groups is 1. The van der Waals surface area contributed by atoms with E-state index < -0.39 is 36.2 Å². The second kappa shape index (κ2) is 14.5. The maximum atomic E-state index is 13.3. The first-order chi connectivity index (χ1) is 20.0. The Morgan fingerprint density at radius 2 is 1.79 bits per heavy atom. The molecule has 1 aliphatic heterocycles. The number of carboxylic acids is 1. The van der Waals surface area contributed by atoms with Crippen LogP contribution in [-0.2, 0) is 15.0 Å². The predicted octanol–water partition coefficient (Wildman–Crippen LogP) is 3.62. The van der Waals surface area contributed by atoms with E-state index in [1.54, 1.807) is 6.07 Å². The first kappa shape index (κ1) is 34.3. The molecule has 0 fully saturated rings. The van der Waals surface area contributed by atoms with Gasteiger partial charge < -0.3 is 36.4 Å². The first-order valence-corrected chi connectivity index (χ1v) is 15.2. The van der Waals surface area contributed by atoms with Crippen LogP contribution in [0, 0.1) is 17.8 Å². The summed E-state index contributed by atoms with van der Waals surface area (Å²) in [6.07, 6.45) is -1.89. The summed E-state index contributed by atoms with van der Waals surface area (Å²) in [5, 5.41) is 52.6. The van der Waals surface area contributed by atoms with Gasteiger partial charge in [-0.25, -0.2) is 0 Å². The number of rotatable bonds is 11. The standard InChI is InChI=1S/C31H44BrN5O6/c1-16(2)17(3)26(29(42)43)27(18-7-20(31(4,5)6)11-21(32)8-18)37-25(40)15-33-28(41)19-9-22(12-23(38)10-19)36-30-34-13-24(39)14-35-30/h7-12,16-17,24,26-28,33,38-39,41H,13-15H2,1-6H3,(H,37,40)(H,42,43)(H2,34,35,36). The second-order valence-corrected chi connectivity index (χ2v) is 13.4. The van der Waals surface area contributed by atoms with Gasteiger partial charge in [-0.15, -0.1) is 0 Å². The van der Waals surface area contributed by atoms with Crippen LogP contribution in [0.15, 0.2) is 45.9 Å². The van der Waals surface area contributed by atoms with Crippen molar-refractivity contribution in [3.05, 3.63) is 57.6 Å². The largest absolute Gasteiger partial charge is 0.508 e. The fraction of sp³-hybridized carbons (Fsp3) is 0.516. The highest BCUT2D eigenvalue weighted by Crippen LogP contribution is 2.36. The number of halogens is 1. The highest BCUT2D eigenvalue weighted by molar-refractivity contribution is 9.10. The SMILES string of the molecule is CC(C)C(C)C(C(=O)O)C(NC(=O)CNC(O)c1cc(O)cc(NC2=NCC(O)CN2)c1)c1cc(Br)cc(C(C)(C)C)c1. The fourth-order valence-corrected chi connectivity index (χ4v) is 5.35. The number of nitrogens with one attached hydrogen (secondary N) is 4. The van der Waals surface area contributed by atoms with Gasteiger partial charge in [-0.2, -0.15) is 0 Å². The lowest BCUT2D eigenvalue weighted by Gasteiger charge is -2.33. The zero-order chi connectivity index (χ0) is 32.1. The van der Waals surface area contributed by atoms with Crippen molar-refractivity contribution in [2.24, 2.45) is 22.7 Å². The molecule has 0 saturated heterocycles. The smallest absolute Gasteiger partial charge is 0.309 e. The molecule has 0 aromatic heterocycles. The summed E-state index contributed by atoms with van der Waals surface area (Å²) < 4.78 is 0.780. The molecule has 1 amide bonds. The molecule has 2 aromatic carbocycles. The number of nitrogens with zero attached hydrogens (tertiary/aromatic N) is 1. The van der Waals surface area contributed by atoms with Crippen molar-refractivity contribution in [3.63, 3.8) is 0 Å². The number of aliphatic imine (C=N–C) groups is 1. The summed E-state index contributed by atoms with van der Waals surface area (Å²) in [4.78, 5) is 30.1. The van der Waals surface area contributed by atoms with Crippen LogP contribution < -0.4 is 21.3 Å². The lowest BCUT2D eigenvalue weighted by Crippen LogP contribution is -2.44. The number of aliphatic carboxylic acids is 1. The molecular weight excluding hydrogens is 618 g/mol. The quantitative estimate of drug-likeness (QED) is 0.167. The van der Waals surface area contributed by atoms with E-state index in [9.17, 15) is 30.0 Å². The Hall–Kier alpha value is -3.19. The van der Waals surface area contributed by atoms with Gasteiger partial charge in [0.25, 0.3) is 0 Å². The summed E-state index contributed by atoms with van der Waals surface area (Å²) in [6, 6.07) is 9.33. The Bertz CT molecular complexity index is 1330. The average Bonchev–Trinajstić information content (AvgIpc) is 2.91.